The lowest BCUT2D eigenvalue weighted by Gasteiger charge is -2.35. The number of thiophene rings is 1. The monoisotopic (exact) mass is 404 g/mol. The number of nitrogens with zero attached hydrogens (tertiary/aromatic N) is 4. The Kier molecular flexibility index (Phi) is 5.09. The number of amides is 1. The number of anilines is 1. The van der Waals surface area contributed by atoms with E-state index in [2.05, 4.69) is 0 Å². The molecule has 0 radical (unpaired) electrons. The Morgan fingerprint density at radius 2 is 1.82 bits per heavy atom. The van der Waals surface area contributed by atoms with Gasteiger partial charge in [-0.15, -0.1) is 11.3 Å². The second-order valence-electron chi connectivity index (χ2n) is 7.43. The van der Waals surface area contributed by atoms with Crippen LogP contribution in [-0.2, 0) is 29.5 Å². The Morgan fingerprint density at radius 1 is 1.11 bits per heavy atom. The summed E-state index contributed by atoms with van der Waals surface area (Å²) in [7, 11) is 1.77. The Labute approximate surface area is 166 Å². The molecule has 3 heterocycles. The van der Waals surface area contributed by atoms with E-state index in [4.69, 9.17) is 10.1 Å². The molecule has 0 aromatic carbocycles. The molecule has 150 valence electrons. The highest BCUT2D eigenvalue weighted by atomic mass is 32.1. The van der Waals surface area contributed by atoms with Crippen LogP contribution in [0.15, 0.2) is 4.79 Å². The minimum absolute atomic E-state index is 0.0133. The zero-order chi connectivity index (χ0) is 19.8. The van der Waals surface area contributed by atoms with E-state index < -0.39 is 5.97 Å². The van der Waals surface area contributed by atoms with Crippen LogP contribution < -0.4 is 10.5 Å². The lowest BCUT2D eigenvalue weighted by Crippen LogP contribution is -2.50. The van der Waals surface area contributed by atoms with E-state index in [1.54, 1.807) is 27.9 Å². The maximum atomic E-state index is 13.0. The van der Waals surface area contributed by atoms with Crippen LogP contribution in [0.2, 0.25) is 0 Å². The van der Waals surface area contributed by atoms with E-state index >= 15 is 0 Å². The van der Waals surface area contributed by atoms with Crippen molar-refractivity contribution in [1.29, 1.82) is 0 Å². The van der Waals surface area contributed by atoms with Gasteiger partial charge in [0.25, 0.3) is 5.56 Å². The fraction of sp³-hybridized carbons (Fsp3) is 0.579. The van der Waals surface area contributed by atoms with E-state index in [1.807, 2.05) is 4.90 Å². The predicted octanol–water partition coefficient (Wildman–Crippen LogP) is 1.39. The maximum absolute atomic E-state index is 13.0. The van der Waals surface area contributed by atoms with E-state index in [9.17, 15) is 14.4 Å². The molecule has 1 N–H and O–H groups in total. The molecule has 8 nitrogen and oxygen atoms in total. The van der Waals surface area contributed by atoms with Gasteiger partial charge < -0.3 is 14.9 Å². The van der Waals surface area contributed by atoms with Crippen LogP contribution in [0, 0.1) is 0 Å². The zero-order valence-electron chi connectivity index (χ0n) is 15.9. The van der Waals surface area contributed by atoms with Gasteiger partial charge in [0.15, 0.2) is 0 Å². The first kappa shape index (κ1) is 18.9. The lowest BCUT2D eigenvalue weighted by atomic mass is 9.97. The van der Waals surface area contributed by atoms with Crippen LogP contribution in [0.1, 0.15) is 36.1 Å². The number of rotatable bonds is 4. The average molecular weight is 404 g/mol. The van der Waals surface area contributed by atoms with Crippen molar-refractivity contribution in [1.82, 2.24) is 14.5 Å². The number of piperazine rings is 1. The van der Waals surface area contributed by atoms with Gasteiger partial charge in [-0.1, -0.05) is 0 Å². The molecule has 9 heteroatoms. The number of aromatic nitrogens is 2. The molecule has 4 rings (SSSR count). The van der Waals surface area contributed by atoms with Gasteiger partial charge in [0.05, 0.1) is 11.8 Å². The van der Waals surface area contributed by atoms with E-state index in [0.29, 0.717) is 32.1 Å². The average Bonchev–Trinajstić information content (AvgIpc) is 3.07. The summed E-state index contributed by atoms with van der Waals surface area (Å²) >= 11 is 1.64. The number of hydrogen-bond acceptors (Lipinski definition) is 6. The smallest absolute Gasteiger partial charge is 0.303 e. The molecule has 0 saturated carbocycles. The van der Waals surface area contributed by atoms with E-state index in [0.717, 1.165) is 29.5 Å². The fourth-order valence-corrected chi connectivity index (χ4v) is 5.33. The number of carbonyl (C=O) groups excluding carboxylic acids is 1. The van der Waals surface area contributed by atoms with Gasteiger partial charge in [-0.3, -0.25) is 19.0 Å². The number of carboxylic acid groups (broad SMARTS) is 1. The van der Waals surface area contributed by atoms with Gasteiger partial charge in [0.2, 0.25) is 11.9 Å². The van der Waals surface area contributed by atoms with E-state index in [-0.39, 0.29) is 24.3 Å². The first-order valence-electron chi connectivity index (χ1n) is 9.71. The Bertz CT molecular complexity index is 988. The van der Waals surface area contributed by atoms with Crippen molar-refractivity contribution in [3.8, 4) is 0 Å². The van der Waals surface area contributed by atoms with Crippen molar-refractivity contribution >= 4 is 39.4 Å². The summed E-state index contributed by atoms with van der Waals surface area (Å²) in [5, 5.41) is 9.52. The molecular formula is C19H24N4O4S. The number of fused-ring (bicyclic) bond motifs is 3. The summed E-state index contributed by atoms with van der Waals surface area (Å²) in [6, 6.07) is 0. The highest BCUT2D eigenvalue weighted by molar-refractivity contribution is 7.18. The van der Waals surface area contributed by atoms with Crippen molar-refractivity contribution in [3.63, 3.8) is 0 Å². The van der Waals surface area contributed by atoms with Crippen LogP contribution in [0.3, 0.4) is 0 Å². The molecule has 1 aliphatic heterocycles. The molecule has 28 heavy (non-hydrogen) atoms. The van der Waals surface area contributed by atoms with Crippen LogP contribution in [0.4, 0.5) is 5.95 Å². The predicted molar refractivity (Wildman–Crippen MR) is 107 cm³/mol. The Balaban J connectivity index is 1.54. The third kappa shape index (κ3) is 3.39. The summed E-state index contributed by atoms with van der Waals surface area (Å²) in [6.07, 6.45) is 4.18. The number of aliphatic carboxylic acids is 1. The van der Waals surface area contributed by atoms with Crippen molar-refractivity contribution in [2.45, 2.75) is 38.5 Å². The molecule has 2 aliphatic rings. The quantitative estimate of drug-likeness (QED) is 0.827. The topological polar surface area (TPSA) is 95.7 Å². The second-order valence-corrected chi connectivity index (χ2v) is 8.51. The van der Waals surface area contributed by atoms with Crippen molar-refractivity contribution < 1.29 is 14.7 Å². The van der Waals surface area contributed by atoms with Crippen molar-refractivity contribution in [3.05, 3.63) is 20.8 Å². The Morgan fingerprint density at radius 3 is 2.54 bits per heavy atom. The molecule has 1 saturated heterocycles. The largest absolute Gasteiger partial charge is 0.481 e. The Hall–Kier alpha value is -2.42. The molecule has 0 atom stereocenters. The summed E-state index contributed by atoms with van der Waals surface area (Å²) in [5.41, 5.74) is 1.21. The summed E-state index contributed by atoms with van der Waals surface area (Å²) < 4.78 is 1.63. The number of hydrogen-bond donors (Lipinski definition) is 1. The zero-order valence-corrected chi connectivity index (χ0v) is 16.8. The molecule has 1 aliphatic carbocycles. The molecule has 1 fully saturated rings. The second kappa shape index (κ2) is 7.54. The minimum atomic E-state index is -0.960. The lowest BCUT2D eigenvalue weighted by molar-refractivity contribution is -0.141. The first-order chi connectivity index (χ1) is 13.5. The van der Waals surface area contributed by atoms with Gasteiger partial charge in [0, 0.05) is 44.5 Å². The van der Waals surface area contributed by atoms with Gasteiger partial charge in [-0.25, -0.2) is 4.98 Å². The normalized spacial score (nSPS) is 17.0. The van der Waals surface area contributed by atoms with E-state index in [1.165, 1.54) is 16.9 Å². The van der Waals surface area contributed by atoms with Crippen LogP contribution in [0.25, 0.3) is 10.2 Å². The molecule has 0 unspecified atom stereocenters. The SMILES string of the molecule is Cn1c(N2CCN(C(=O)CCC(=O)O)CC2)nc2sc3c(c2c1=O)CCCC3. The number of aryl methyl sites for hydroxylation is 2. The molecular weight excluding hydrogens is 380 g/mol. The fourth-order valence-electron chi connectivity index (χ4n) is 4.09. The van der Waals surface area contributed by atoms with Crippen molar-refractivity contribution in [2.24, 2.45) is 7.05 Å². The van der Waals surface area contributed by atoms with Crippen LogP contribution >= 0.6 is 11.3 Å². The first-order valence-corrected chi connectivity index (χ1v) is 10.5. The van der Waals surface area contributed by atoms with Gasteiger partial charge >= 0.3 is 5.97 Å². The highest BCUT2D eigenvalue weighted by Crippen LogP contribution is 2.34. The maximum Gasteiger partial charge on any atom is 0.303 e. The summed E-state index contributed by atoms with van der Waals surface area (Å²) in [6.45, 7) is 2.17. The molecule has 1 amide bonds. The number of carbonyl (C=O) groups is 2. The molecule has 0 bridgehead atoms. The van der Waals surface area contributed by atoms with Gasteiger partial charge in [0.1, 0.15) is 4.83 Å². The minimum Gasteiger partial charge on any atom is -0.481 e. The van der Waals surface area contributed by atoms with Crippen molar-refractivity contribution in [2.75, 3.05) is 31.1 Å². The standard InChI is InChI=1S/C19H24N4O4S/c1-21-18(27)16-12-4-2-3-5-13(12)28-17(16)20-19(21)23-10-8-22(9-11-23)14(24)6-7-15(25)26/h2-11H2,1H3,(H,25,26). The molecule has 2 aromatic heterocycles. The van der Waals surface area contributed by atoms with Gasteiger partial charge in [-0.2, -0.15) is 0 Å². The molecule has 0 spiro atoms. The third-order valence-corrected chi connectivity index (χ3v) is 6.83. The number of carboxylic acids is 1. The van der Waals surface area contributed by atoms with Gasteiger partial charge in [-0.05, 0) is 31.2 Å². The van der Waals surface area contributed by atoms with Crippen LogP contribution in [0.5, 0.6) is 0 Å². The third-order valence-electron chi connectivity index (χ3n) is 5.64. The van der Waals surface area contributed by atoms with Crippen LogP contribution in [-0.4, -0.2) is 57.6 Å². The summed E-state index contributed by atoms with van der Waals surface area (Å²) in [5.74, 6) is -0.447. The molecule has 2 aromatic rings. The highest BCUT2D eigenvalue weighted by Gasteiger charge is 2.26. The summed E-state index contributed by atoms with van der Waals surface area (Å²) in [4.78, 5) is 46.5.